The Morgan fingerprint density at radius 1 is 1.25 bits per heavy atom. The van der Waals surface area contributed by atoms with Crippen LogP contribution in [0.3, 0.4) is 0 Å². The summed E-state index contributed by atoms with van der Waals surface area (Å²) in [6.07, 6.45) is -2.83. The highest BCUT2D eigenvalue weighted by Crippen LogP contribution is 2.36. The molecule has 2 atom stereocenters. The van der Waals surface area contributed by atoms with Gasteiger partial charge >= 0.3 is 5.76 Å². The maximum absolute atomic E-state index is 14.9. The number of carbonyl (C=O) groups is 1. The van der Waals surface area contributed by atoms with E-state index in [1.807, 2.05) is 5.10 Å². The van der Waals surface area contributed by atoms with Crippen molar-refractivity contribution in [1.29, 1.82) is 0 Å². The van der Waals surface area contributed by atoms with Gasteiger partial charge in [-0.2, -0.15) is 4.72 Å². The number of aryl methyl sites for hydroxylation is 1. The van der Waals surface area contributed by atoms with Gasteiger partial charge in [0.1, 0.15) is 24.2 Å². The minimum absolute atomic E-state index is 0.137. The molecule has 0 saturated heterocycles. The number of nitrogens with one attached hydrogen (secondary N) is 2. The molecule has 0 aliphatic heterocycles. The number of aromatic nitrogens is 2. The first-order valence-electron chi connectivity index (χ1n) is 10.5. The summed E-state index contributed by atoms with van der Waals surface area (Å²) in [6.45, 7) is 3.85. The van der Waals surface area contributed by atoms with E-state index < -0.39 is 68.8 Å². The normalized spacial score (nSPS) is 13.5. The number of benzene rings is 2. The van der Waals surface area contributed by atoms with Crippen LogP contribution in [0.5, 0.6) is 5.75 Å². The third kappa shape index (κ3) is 5.76. The number of nitrogens with two attached hydrogens (primary N) is 1. The Bertz CT molecular complexity index is 1440. The number of hydrogen-bond acceptors (Lipinski definition) is 7. The lowest BCUT2D eigenvalue weighted by Gasteiger charge is -2.25. The molecule has 1 aromatic heterocycles. The fourth-order valence-electron chi connectivity index (χ4n) is 3.68. The van der Waals surface area contributed by atoms with Crippen LogP contribution >= 0.6 is 0 Å². The predicted molar refractivity (Wildman–Crippen MR) is 121 cm³/mol. The van der Waals surface area contributed by atoms with E-state index in [0.717, 1.165) is 23.8 Å². The molecule has 0 radical (unpaired) electrons. The second-order valence-electron chi connectivity index (χ2n) is 7.97. The van der Waals surface area contributed by atoms with Crippen molar-refractivity contribution in [3.05, 3.63) is 74.8 Å². The molecule has 0 bridgehead atoms. The van der Waals surface area contributed by atoms with Crippen LogP contribution in [0.25, 0.3) is 0 Å². The summed E-state index contributed by atoms with van der Waals surface area (Å²) in [5, 5.41) is 5.71. The second-order valence-corrected chi connectivity index (χ2v) is 9.65. The van der Waals surface area contributed by atoms with E-state index in [0.29, 0.717) is 5.56 Å². The highest BCUT2D eigenvalue weighted by atomic mass is 32.2. The van der Waals surface area contributed by atoms with Crippen molar-refractivity contribution in [3.63, 3.8) is 0 Å². The minimum atomic E-state index is -4.68. The highest BCUT2D eigenvalue weighted by molar-refractivity contribution is 7.89. The molecule has 0 saturated carbocycles. The first kappa shape index (κ1) is 26.9. The number of halogens is 3. The first-order chi connectivity index (χ1) is 16.8. The van der Waals surface area contributed by atoms with Gasteiger partial charge in [-0.05, 0) is 48.7 Å². The van der Waals surface area contributed by atoms with Crippen molar-refractivity contribution < 1.29 is 35.5 Å². The molecule has 0 aliphatic rings. The topological polar surface area (TPSA) is 157 Å². The number of amides is 1. The molecule has 1 heterocycles. The van der Waals surface area contributed by atoms with E-state index in [1.54, 1.807) is 19.9 Å². The van der Waals surface area contributed by atoms with E-state index in [2.05, 4.69) is 9.82 Å². The molecule has 0 aliphatic carbocycles. The molecule has 4 N–H and O–H groups in total. The van der Waals surface area contributed by atoms with E-state index in [9.17, 15) is 31.2 Å². The summed E-state index contributed by atoms with van der Waals surface area (Å²) in [5.74, 6) is -4.37. The average molecular weight is 529 g/mol. The smallest absolute Gasteiger partial charge is 0.434 e. The largest absolute Gasteiger partial charge is 0.488 e. The van der Waals surface area contributed by atoms with Crippen LogP contribution < -0.4 is 20.9 Å². The Balaban J connectivity index is 2.12. The number of carbonyl (C=O) groups excluding carboxylic acids is 1. The summed E-state index contributed by atoms with van der Waals surface area (Å²) < 4.78 is 79.0. The molecule has 0 fully saturated rings. The summed E-state index contributed by atoms with van der Waals surface area (Å²) >= 11 is 0. The SMILES string of the molecule is Cc1ccc(F)c(C(C)C(NS(=O)(=O)c2cc(OCC(F)F)ccc2C(N)=O)c2n[nH]c(=O)o2)c1C. The summed E-state index contributed by atoms with van der Waals surface area (Å²) in [4.78, 5) is 22.9. The number of nitrogens with zero attached hydrogens (tertiary/aromatic N) is 1. The summed E-state index contributed by atoms with van der Waals surface area (Å²) in [6, 6.07) is 4.31. The Labute approximate surface area is 203 Å². The number of alkyl halides is 2. The zero-order valence-electron chi connectivity index (χ0n) is 19.3. The van der Waals surface area contributed by atoms with Crippen molar-refractivity contribution >= 4 is 15.9 Å². The van der Waals surface area contributed by atoms with E-state index in [4.69, 9.17) is 14.9 Å². The van der Waals surface area contributed by atoms with Gasteiger partial charge in [0.25, 0.3) is 6.43 Å². The molecule has 2 unspecified atom stereocenters. The van der Waals surface area contributed by atoms with E-state index in [-0.39, 0.29) is 11.3 Å². The molecular formula is C22H23F3N4O6S. The fourth-order valence-corrected chi connectivity index (χ4v) is 5.17. The van der Waals surface area contributed by atoms with Gasteiger partial charge in [0.2, 0.25) is 21.8 Å². The van der Waals surface area contributed by atoms with Gasteiger partial charge in [-0.25, -0.2) is 31.5 Å². The van der Waals surface area contributed by atoms with Gasteiger partial charge in [0.15, 0.2) is 0 Å². The van der Waals surface area contributed by atoms with Crippen LogP contribution in [0.1, 0.15) is 51.8 Å². The van der Waals surface area contributed by atoms with Gasteiger partial charge in [0, 0.05) is 12.0 Å². The Morgan fingerprint density at radius 3 is 2.53 bits per heavy atom. The van der Waals surface area contributed by atoms with Crippen LogP contribution in [0.2, 0.25) is 0 Å². The Kier molecular flexibility index (Phi) is 7.89. The standard InChI is InChI=1S/C22H23F3N4O6S/c1-10-4-7-15(23)18(11(10)2)12(3)19(21-27-28-22(31)35-21)29-36(32,33)16-8-13(34-9-17(24)25)5-6-14(16)20(26)30/h4-8,12,17,19,29H,9H2,1-3H3,(H2,26,30)(H,28,31). The average Bonchev–Trinajstić information content (AvgIpc) is 3.24. The van der Waals surface area contributed by atoms with Gasteiger partial charge in [0.05, 0.1) is 10.5 Å². The minimum Gasteiger partial charge on any atom is -0.488 e. The summed E-state index contributed by atoms with van der Waals surface area (Å²) in [7, 11) is -4.68. The predicted octanol–water partition coefficient (Wildman–Crippen LogP) is 2.68. The molecule has 194 valence electrons. The monoisotopic (exact) mass is 528 g/mol. The number of H-pyrrole nitrogens is 1. The molecular weight excluding hydrogens is 505 g/mol. The van der Waals surface area contributed by atoms with Crippen LogP contribution in [0.4, 0.5) is 13.2 Å². The highest BCUT2D eigenvalue weighted by Gasteiger charge is 2.35. The van der Waals surface area contributed by atoms with Crippen LogP contribution in [0, 0.1) is 19.7 Å². The van der Waals surface area contributed by atoms with Crippen molar-refractivity contribution in [3.8, 4) is 5.75 Å². The number of primary amides is 1. The van der Waals surface area contributed by atoms with Crippen LogP contribution in [0.15, 0.2) is 44.4 Å². The van der Waals surface area contributed by atoms with Crippen molar-refractivity contribution in [2.75, 3.05) is 6.61 Å². The maximum Gasteiger partial charge on any atom is 0.434 e. The lowest BCUT2D eigenvalue weighted by molar-refractivity contribution is 0.0817. The number of hydrogen-bond donors (Lipinski definition) is 3. The molecule has 1 amide bonds. The maximum atomic E-state index is 14.9. The molecule has 2 aromatic carbocycles. The lowest BCUT2D eigenvalue weighted by atomic mass is 9.88. The van der Waals surface area contributed by atoms with Crippen molar-refractivity contribution in [1.82, 2.24) is 14.9 Å². The molecule has 0 spiro atoms. The zero-order valence-corrected chi connectivity index (χ0v) is 20.2. The Morgan fingerprint density at radius 2 is 1.94 bits per heavy atom. The molecule has 3 aromatic rings. The molecule has 3 rings (SSSR count). The third-order valence-corrected chi connectivity index (χ3v) is 7.06. The zero-order chi connectivity index (χ0) is 26.8. The quantitative estimate of drug-likeness (QED) is 0.365. The molecule has 36 heavy (non-hydrogen) atoms. The van der Waals surface area contributed by atoms with Gasteiger partial charge < -0.3 is 14.9 Å². The van der Waals surface area contributed by atoms with E-state index in [1.165, 1.54) is 13.0 Å². The van der Waals surface area contributed by atoms with Gasteiger partial charge in [-0.3, -0.25) is 4.79 Å². The van der Waals surface area contributed by atoms with E-state index >= 15 is 0 Å². The molecule has 14 heteroatoms. The number of aromatic amines is 1. The Hall–Kier alpha value is -3.65. The van der Waals surface area contributed by atoms with Gasteiger partial charge in [-0.1, -0.05) is 13.0 Å². The number of sulfonamides is 1. The first-order valence-corrected chi connectivity index (χ1v) is 12.0. The fraction of sp³-hybridized carbons (Fsp3) is 0.318. The number of rotatable bonds is 10. The van der Waals surface area contributed by atoms with Crippen molar-refractivity contribution in [2.24, 2.45) is 5.73 Å². The lowest BCUT2D eigenvalue weighted by Crippen LogP contribution is -2.34. The molecule has 10 nitrogen and oxygen atoms in total. The van der Waals surface area contributed by atoms with Gasteiger partial charge in [-0.15, -0.1) is 5.10 Å². The van der Waals surface area contributed by atoms with Crippen molar-refractivity contribution in [2.45, 2.75) is 44.1 Å². The van der Waals surface area contributed by atoms with Crippen LogP contribution in [-0.4, -0.2) is 37.6 Å². The second kappa shape index (κ2) is 10.5. The van der Waals surface area contributed by atoms with Crippen LogP contribution in [-0.2, 0) is 10.0 Å². The third-order valence-electron chi connectivity index (χ3n) is 5.57. The summed E-state index contributed by atoms with van der Waals surface area (Å²) in [5.41, 5.74) is 6.25. The number of ether oxygens (including phenoxy) is 1.